The minimum Gasteiger partial charge on any atom is -0.477 e. The molecule has 0 saturated heterocycles. The molecule has 0 aromatic carbocycles. The van der Waals surface area contributed by atoms with Gasteiger partial charge in [-0.15, -0.1) is 11.3 Å². The van der Waals surface area contributed by atoms with Gasteiger partial charge in [0, 0.05) is 5.38 Å². The van der Waals surface area contributed by atoms with E-state index in [0.717, 1.165) is 17.4 Å². The van der Waals surface area contributed by atoms with Gasteiger partial charge in [0.1, 0.15) is 10.7 Å². The molecule has 0 aliphatic heterocycles. The van der Waals surface area contributed by atoms with Crippen molar-refractivity contribution in [2.45, 2.75) is 0 Å². The van der Waals surface area contributed by atoms with Crippen LogP contribution in [0.5, 0.6) is 0 Å². The van der Waals surface area contributed by atoms with E-state index in [1.165, 1.54) is 0 Å². The Hall–Kier alpha value is -0.900. The summed E-state index contributed by atoms with van der Waals surface area (Å²) < 4.78 is 12.2. The van der Waals surface area contributed by atoms with Crippen LogP contribution in [0.15, 0.2) is 6.07 Å². The van der Waals surface area contributed by atoms with Gasteiger partial charge in [0.2, 0.25) is 0 Å². The van der Waals surface area contributed by atoms with E-state index in [0.29, 0.717) is 0 Å². The molecule has 1 rings (SSSR count). The highest BCUT2D eigenvalue weighted by Gasteiger charge is 2.09. The van der Waals surface area contributed by atoms with Gasteiger partial charge in [-0.1, -0.05) is 0 Å². The Morgan fingerprint density at radius 3 is 2.78 bits per heavy atom. The summed E-state index contributed by atoms with van der Waals surface area (Å²) in [5.41, 5.74) is 0. The fourth-order valence-electron chi connectivity index (χ4n) is 0.400. The molecule has 1 N–H and O–H groups in total. The van der Waals surface area contributed by atoms with Crippen molar-refractivity contribution < 1.29 is 14.3 Å². The molecule has 9 heavy (non-hydrogen) atoms. The number of thiophene rings is 1. The molecule has 1 aromatic rings. The third kappa shape index (κ3) is 1.08. The Bertz CT molecular complexity index is 231. The molecule has 0 spiro atoms. The van der Waals surface area contributed by atoms with Crippen LogP contribution in [0.1, 0.15) is 9.67 Å². The Labute approximate surface area is 54.6 Å². The highest BCUT2D eigenvalue weighted by molar-refractivity contribution is 7.11. The van der Waals surface area contributed by atoms with Gasteiger partial charge in [0.15, 0.2) is 0 Å². The molecule has 0 saturated carbocycles. The maximum atomic E-state index is 12.2. The van der Waals surface area contributed by atoms with Crippen LogP contribution in [0.2, 0.25) is 0 Å². The fourth-order valence-corrected chi connectivity index (χ4v) is 0.924. The summed E-state index contributed by atoms with van der Waals surface area (Å²) in [6.45, 7) is 0. The molecule has 47 valence electrons. The van der Waals surface area contributed by atoms with Crippen molar-refractivity contribution in [3.8, 4) is 0 Å². The quantitative estimate of drug-likeness (QED) is 0.648. The number of carbonyl (C=O) groups is 1. The SMILES string of the molecule is O=C(O)c1s[c]cc1F. The summed E-state index contributed by atoms with van der Waals surface area (Å²) in [6, 6.07) is 1.01. The van der Waals surface area contributed by atoms with Crippen LogP contribution >= 0.6 is 11.3 Å². The van der Waals surface area contributed by atoms with Crippen molar-refractivity contribution in [1.29, 1.82) is 0 Å². The van der Waals surface area contributed by atoms with E-state index in [-0.39, 0.29) is 4.88 Å². The summed E-state index contributed by atoms with van der Waals surface area (Å²) in [5, 5.41) is 10.6. The highest BCUT2D eigenvalue weighted by Crippen LogP contribution is 2.12. The molecule has 0 unspecified atom stereocenters. The van der Waals surface area contributed by atoms with Crippen LogP contribution in [0.4, 0.5) is 4.39 Å². The van der Waals surface area contributed by atoms with Crippen molar-refractivity contribution in [2.75, 3.05) is 0 Å². The molecule has 4 heteroatoms. The van der Waals surface area contributed by atoms with E-state index in [4.69, 9.17) is 5.11 Å². The van der Waals surface area contributed by atoms with Gasteiger partial charge in [-0.05, 0) is 6.07 Å². The predicted molar refractivity (Wildman–Crippen MR) is 30.1 cm³/mol. The molecule has 1 aromatic heterocycles. The lowest BCUT2D eigenvalue weighted by Gasteiger charge is -1.82. The molecule has 0 aliphatic rings. The topological polar surface area (TPSA) is 37.3 Å². The van der Waals surface area contributed by atoms with Crippen molar-refractivity contribution in [1.82, 2.24) is 0 Å². The van der Waals surface area contributed by atoms with E-state index in [1.54, 1.807) is 0 Å². The van der Waals surface area contributed by atoms with Crippen LogP contribution in [0.25, 0.3) is 0 Å². The lowest BCUT2D eigenvalue weighted by Crippen LogP contribution is -1.93. The zero-order valence-corrected chi connectivity index (χ0v) is 5.04. The summed E-state index contributed by atoms with van der Waals surface area (Å²) >= 11 is 0.758. The molecule has 2 nitrogen and oxygen atoms in total. The number of halogens is 1. The second-order valence-electron chi connectivity index (χ2n) is 1.35. The van der Waals surface area contributed by atoms with Crippen LogP contribution in [0, 0.1) is 11.2 Å². The van der Waals surface area contributed by atoms with Crippen LogP contribution in [-0.4, -0.2) is 11.1 Å². The number of hydrogen-bond donors (Lipinski definition) is 1. The Kier molecular flexibility index (Phi) is 1.48. The third-order valence-electron chi connectivity index (χ3n) is 0.758. The first-order valence-electron chi connectivity index (χ1n) is 2.10. The van der Waals surface area contributed by atoms with Crippen LogP contribution in [0.3, 0.4) is 0 Å². The predicted octanol–water partition coefficient (Wildman–Crippen LogP) is 1.39. The van der Waals surface area contributed by atoms with E-state index in [1.807, 2.05) is 0 Å². The van der Waals surface area contributed by atoms with Gasteiger partial charge in [0.25, 0.3) is 0 Å². The molecule has 1 heterocycles. The molecular weight excluding hydrogens is 143 g/mol. The summed E-state index contributed by atoms with van der Waals surface area (Å²) in [4.78, 5) is 9.75. The van der Waals surface area contributed by atoms with Crippen LogP contribution in [-0.2, 0) is 0 Å². The summed E-state index contributed by atoms with van der Waals surface area (Å²) in [5.74, 6) is -1.95. The molecule has 0 fully saturated rings. The maximum absolute atomic E-state index is 12.2. The summed E-state index contributed by atoms with van der Waals surface area (Å²) in [7, 11) is 0. The fraction of sp³-hybridized carbons (Fsp3) is 0. The zero-order chi connectivity index (χ0) is 6.85. The second-order valence-corrected chi connectivity index (χ2v) is 2.19. The zero-order valence-electron chi connectivity index (χ0n) is 4.22. The first-order valence-corrected chi connectivity index (χ1v) is 2.92. The van der Waals surface area contributed by atoms with Crippen molar-refractivity contribution >= 4 is 17.3 Å². The lowest BCUT2D eigenvalue weighted by atomic mass is 10.4. The van der Waals surface area contributed by atoms with Gasteiger partial charge >= 0.3 is 5.97 Å². The van der Waals surface area contributed by atoms with E-state index < -0.39 is 11.8 Å². The Morgan fingerprint density at radius 1 is 1.89 bits per heavy atom. The van der Waals surface area contributed by atoms with Crippen LogP contribution < -0.4 is 0 Å². The van der Waals surface area contributed by atoms with E-state index in [9.17, 15) is 9.18 Å². The molecule has 1 radical (unpaired) electrons. The number of carboxylic acid groups (broad SMARTS) is 1. The molecule has 0 atom stereocenters. The number of aromatic carboxylic acids is 1. The van der Waals surface area contributed by atoms with Crippen molar-refractivity contribution in [2.24, 2.45) is 0 Å². The standard InChI is InChI=1S/C5H2FO2S/c6-3-1-2-9-4(3)5(7)8/h1H,(H,7,8). The third-order valence-corrected chi connectivity index (χ3v) is 1.57. The van der Waals surface area contributed by atoms with Gasteiger partial charge in [0.05, 0.1) is 0 Å². The first-order chi connectivity index (χ1) is 4.22. The Morgan fingerprint density at radius 2 is 2.56 bits per heavy atom. The van der Waals surface area contributed by atoms with E-state index in [2.05, 4.69) is 5.38 Å². The van der Waals surface area contributed by atoms with E-state index >= 15 is 0 Å². The summed E-state index contributed by atoms with van der Waals surface area (Å²) in [6.07, 6.45) is 0. The van der Waals surface area contributed by atoms with Gasteiger partial charge in [-0.25, -0.2) is 9.18 Å². The molecular formula is C5H2FO2S. The molecule has 0 bridgehead atoms. The lowest BCUT2D eigenvalue weighted by molar-refractivity contribution is 0.0698. The normalized spacial score (nSPS) is 9.44. The minimum atomic E-state index is -1.24. The maximum Gasteiger partial charge on any atom is 0.348 e. The largest absolute Gasteiger partial charge is 0.477 e. The van der Waals surface area contributed by atoms with Gasteiger partial charge in [-0.2, -0.15) is 0 Å². The molecule has 0 amide bonds. The Balaban J connectivity index is 3.08. The smallest absolute Gasteiger partial charge is 0.348 e. The molecule has 0 aliphatic carbocycles. The minimum absolute atomic E-state index is 0.282. The highest BCUT2D eigenvalue weighted by atomic mass is 32.1. The number of rotatable bonds is 1. The average Bonchev–Trinajstić information content (AvgIpc) is 2.13. The number of carboxylic acids is 1. The van der Waals surface area contributed by atoms with Gasteiger partial charge < -0.3 is 5.11 Å². The second kappa shape index (κ2) is 2.14. The number of hydrogen-bond acceptors (Lipinski definition) is 2. The first kappa shape index (κ1) is 6.22. The monoisotopic (exact) mass is 145 g/mol. The van der Waals surface area contributed by atoms with Crippen molar-refractivity contribution in [3.05, 3.63) is 22.1 Å². The van der Waals surface area contributed by atoms with Gasteiger partial charge in [-0.3, -0.25) is 0 Å². The average molecular weight is 145 g/mol. The van der Waals surface area contributed by atoms with Crippen molar-refractivity contribution in [3.63, 3.8) is 0 Å².